The minimum atomic E-state index is -4.45. The first-order valence-corrected chi connectivity index (χ1v) is 8.82. The van der Waals surface area contributed by atoms with Crippen molar-refractivity contribution in [1.82, 2.24) is 9.55 Å². The van der Waals surface area contributed by atoms with Crippen molar-refractivity contribution in [1.29, 1.82) is 0 Å². The molecule has 0 fully saturated rings. The Morgan fingerprint density at radius 1 is 1.17 bits per heavy atom. The number of aromatic nitrogens is 2. The lowest BCUT2D eigenvalue weighted by Gasteiger charge is -2.13. The Labute approximate surface area is 166 Å². The molecule has 0 unspecified atom stereocenters. The van der Waals surface area contributed by atoms with Gasteiger partial charge in [0.2, 0.25) is 5.91 Å². The number of alkyl halides is 3. The van der Waals surface area contributed by atoms with Gasteiger partial charge in [0.1, 0.15) is 5.75 Å². The molecule has 0 aliphatic carbocycles. The second-order valence-corrected chi connectivity index (χ2v) is 6.74. The van der Waals surface area contributed by atoms with E-state index in [4.69, 9.17) is 4.74 Å². The SMILES string of the molecule is COc1cc(NC(=O)Cc2cc(C)cc(C(F)(F)F)c2)ccc1-n1cnc(C)c1. The number of halogens is 3. The zero-order chi connectivity index (χ0) is 21.2. The number of imidazole rings is 1. The van der Waals surface area contributed by atoms with Gasteiger partial charge in [0.05, 0.1) is 36.8 Å². The largest absolute Gasteiger partial charge is 0.494 e. The average Bonchev–Trinajstić information content (AvgIpc) is 3.06. The van der Waals surface area contributed by atoms with E-state index in [2.05, 4.69) is 10.3 Å². The highest BCUT2D eigenvalue weighted by molar-refractivity contribution is 5.92. The molecule has 3 rings (SSSR count). The number of rotatable bonds is 5. The molecule has 29 heavy (non-hydrogen) atoms. The van der Waals surface area contributed by atoms with Crippen molar-refractivity contribution in [3.8, 4) is 11.4 Å². The van der Waals surface area contributed by atoms with Gasteiger partial charge >= 0.3 is 6.18 Å². The average molecular weight is 403 g/mol. The normalized spacial score (nSPS) is 11.4. The van der Waals surface area contributed by atoms with Crippen LogP contribution in [0.15, 0.2) is 48.9 Å². The summed E-state index contributed by atoms with van der Waals surface area (Å²) >= 11 is 0. The van der Waals surface area contributed by atoms with E-state index in [9.17, 15) is 18.0 Å². The van der Waals surface area contributed by atoms with Crippen molar-refractivity contribution >= 4 is 11.6 Å². The number of ether oxygens (including phenoxy) is 1. The number of hydrogen-bond acceptors (Lipinski definition) is 3. The van der Waals surface area contributed by atoms with Crippen LogP contribution in [-0.4, -0.2) is 22.6 Å². The lowest BCUT2D eigenvalue weighted by atomic mass is 10.0. The van der Waals surface area contributed by atoms with E-state index >= 15 is 0 Å². The van der Waals surface area contributed by atoms with E-state index < -0.39 is 17.6 Å². The van der Waals surface area contributed by atoms with E-state index in [1.54, 1.807) is 42.1 Å². The summed E-state index contributed by atoms with van der Waals surface area (Å²) in [4.78, 5) is 16.5. The molecule has 0 radical (unpaired) electrons. The molecule has 1 heterocycles. The van der Waals surface area contributed by atoms with Crippen LogP contribution < -0.4 is 10.1 Å². The fourth-order valence-corrected chi connectivity index (χ4v) is 3.04. The maximum Gasteiger partial charge on any atom is 0.416 e. The number of benzene rings is 2. The zero-order valence-corrected chi connectivity index (χ0v) is 16.2. The molecule has 0 atom stereocenters. The summed E-state index contributed by atoms with van der Waals surface area (Å²) in [5, 5.41) is 2.70. The molecule has 5 nitrogen and oxygen atoms in total. The monoisotopic (exact) mass is 403 g/mol. The molecular formula is C21H20F3N3O2. The fourth-order valence-electron chi connectivity index (χ4n) is 3.04. The molecule has 0 aliphatic heterocycles. The summed E-state index contributed by atoms with van der Waals surface area (Å²) in [7, 11) is 1.51. The number of amides is 1. The van der Waals surface area contributed by atoms with E-state index in [0.29, 0.717) is 22.6 Å². The maximum atomic E-state index is 13.0. The molecule has 0 saturated heterocycles. The van der Waals surface area contributed by atoms with Crippen LogP contribution in [0.25, 0.3) is 5.69 Å². The number of hydrogen-bond donors (Lipinski definition) is 1. The summed E-state index contributed by atoms with van der Waals surface area (Å²) in [5.74, 6) is 0.104. The van der Waals surface area contributed by atoms with Crippen LogP contribution in [-0.2, 0) is 17.4 Å². The number of nitrogens with zero attached hydrogens (tertiary/aromatic N) is 2. The van der Waals surface area contributed by atoms with Crippen LogP contribution in [0.1, 0.15) is 22.4 Å². The third-order valence-electron chi connectivity index (χ3n) is 4.28. The van der Waals surface area contributed by atoms with Crippen molar-refractivity contribution in [2.75, 3.05) is 12.4 Å². The highest BCUT2D eigenvalue weighted by Gasteiger charge is 2.31. The topological polar surface area (TPSA) is 56.1 Å². The molecule has 8 heteroatoms. The number of carbonyl (C=O) groups excluding carboxylic acids is 1. The van der Waals surface area contributed by atoms with E-state index in [0.717, 1.165) is 23.5 Å². The number of nitrogens with one attached hydrogen (secondary N) is 1. The van der Waals surface area contributed by atoms with Crippen molar-refractivity contribution in [2.24, 2.45) is 0 Å². The number of aryl methyl sites for hydroxylation is 2. The van der Waals surface area contributed by atoms with Crippen molar-refractivity contribution < 1.29 is 22.7 Å². The molecular weight excluding hydrogens is 383 g/mol. The molecule has 2 aromatic carbocycles. The van der Waals surface area contributed by atoms with Crippen LogP contribution in [0.4, 0.5) is 18.9 Å². The highest BCUT2D eigenvalue weighted by Crippen LogP contribution is 2.31. The van der Waals surface area contributed by atoms with Crippen LogP contribution in [0, 0.1) is 13.8 Å². The quantitative estimate of drug-likeness (QED) is 0.672. The molecule has 0 aliphatic rings. The first-order valence-electron chi connectivity index (χ1n) is 8.82. The third-order valence-corrected chi connectivity index (χ3v) is 4.28. The van der Waals surface area contributed by atoms with E-state index in [1.165, 1.54) is 7.11 Å². The summed E-state index contributed by atoms with van der Waals surface area (Å²) in [6.07, 6.45) is -1.13. The van der Waals surface area contributed by atoms with Crippen LogP contribution in [0.2, 0.25) is 0 Å². The van der Waals surface area contributed by atoms with Crippen molar-refractivity contribution in [3.63, 3.8) is 0 Å². The molecule has 1 N–H and O–H groups in total. The van der Waals surface area contributed by atoms with Gasteiger partial charge in [0.25, 0.3) is 0 Å². The summed E-state index contributed by atoms with van der Waals surface area (Å²) < 4.78 is 46.1. The standard InChI is InChI=1S/C21H20F3N3O2/c1-13-6-15(8-16(7-13)21(22,23)24)9-20(28)26-17-4-5-18(19(10-17)29-3)27-11-14(2)25-12-27/h4-8,10-12H,9H2,1-3H3,(H,26,28). The Morgan fingerprint density at radius 3 is 2.55 bits per heavy atom. The predicted molar refractivity (Wildman–Crippen MR) is 103 cm³/mol. The van der Waals surface area contributed by atoms with Crippen LogP contribution in [0.3, 0.4) is 0 Å². The van der Waals surface area contributed by atoms with E-state index in [-0.39, 0.29) is 6.42 Å². The zero-order valence-electron chi connectivity index (χ0n) is 16.2. The second kappa shape index (κ2) is 7.98. The number of anilines is 1. The molecule has 152 valence electrons. The molecule has 1 amide bonds. The molecule has 0 saturated carbocycles. The first-order chi connectivity index (χ1) is 13.7. The van der Waals surface area contributed by atoms with Crippen LogP contribution in [0.5, 0.6) is 5.75 Å². The number of carbonyl (C=O) groups is 1. The lowest BCUT2D eigenvalue weighted by Crippen LogP contribution is -2.15. The summed E-state index contributed by atoms with van der Waals surface area (Å²) in [6.45, 7) is 3.44. The number of methoxy groups -OCH3 is 1. The fraction of sp³-hybridized carbons (Fsp3) is 0.238. The van der Waals surface area contributed by atoms with Gasteiger partial charge in [-0.1, -0.05) is 11.6 Å². The smallest absolute Gasteiger partial charge is 0.416 e. The molecule has 3 aromatic rings. The Morgan fingerprint density at radius 2 is 1.93 bits per heavy atom. The van der Waals surface area contributed by atoms with Gasteiger partial charge in [-0.3, -0.25) is 4.79 Å². The summed E-state index contributed by atoms with van der Waals surface area (Å²) in [5.41, 5.74) is 2.06. The molecule has 0 spiro atoms. The third kappa shape index (κ3) is 4.96. The van der Waals surface area contributed by atoms with Gasteiger partial charge in [0, 0.05) is 18.0 Å². The van der Waals surface area contributed by atoms with Gasteiger partial charge in [0.15, 0.2) is 0 Å². The first kappa shape index (κ1) is 20.4. The van der Waals surface area contributed by atoms with Crippen molar-refractivity contribution in [2.45, 2.75) is 26.4 Å². The van der Waals surface area contributed by atoms with E-state index in [1.807, 2.05) is 13.1 Å². The van der Waals surface area contributed by atoms with Gasteiger partial charge in [-0.2, -0.15) is 13.2 Å². The maximum absolute atomic E-state index is 13.0. The highest BCUT2D eigenvalue weighted by atomic mass is 19.4. The molecule has 0 bridgehead atoms. The van der Waals surface area contributed by atoms with Crippen molar-refractivity contribution in [3.05, 3.63) is 71.3 Å². The summed E-state index contributed by atoms with van der Waals surface area (Å²) in [6, 6.07) is 8.74. The Bertz CT molecular complexity index is 1040. The predicted octanol–water partition coefficient (Wildman–Crippen LogP) is 4.70. The van der Waals surface area contributed by atoms with Gasteiger partial charge in [-0.05, 0) is 43.7 Å². The van der Waals surface area contributed by atoms with Gasteiger partial charge in [-0.15, -0.1) is 0 Å². The van der Waals surface area contributed by atoms with Crippen LogP contribution >= 0.6 is 0 Å². The minimum absolute atomic E-state index is 0.171. The Balaban J connectivity index is 1.77. The Kier molecular flexibility index (Phi) is 5.63. The van der Waals surface area contributed by atoms with Gasteiger partial charge in [-0.25, -0.2) is 4.98 Å². The molecule has 1 aromatic heterocycles. The lowest BCUT2D eigenvalue weighted by molar-refractivity contribution is -0.137. The Hall–Kier alpha value is -3.29. The second-order valence-electron chi connectivity index (χ2n) is 6.74. The van der Waals surface area contributed by atoms with Gasteiger partial charge < -0.3 is 14.6 Å². The minimum Gasteiger partial charge on any atom is -0.494 e.